The Hall–Kier alpha value is -3.58. The van der Waals surface area contributed by atoms with Crippen molar-refractivity contribution in [1.82, 2.24) is 14.4 Å². The summed E-state index contributed by atoms with van der Waals surface area (Å²) in [6.07, 6.45) is 2.46. The summed E-state index contributed by atoms with van der Waals surface area (Å²) in [6.45, 7) is 1.13. The minimum Gasteiger partial charge on any atom is -0.476 e. The van der Waals surface area contributed by atoms with E-state index in [-0.39, 0.29) is 29.7 Å². The number of nitrogens with zero attached hydrogens (tertiary/aromatic N) is 4. The van der Waals surface area contributed by atoms with Gasteiger partial charge < -0.3 is 19.2 Å². The smallest absolute Gasteiger partial charge is 0.280 e. The van der Waals surface area contributed by atoms with Gasteiger partial charge in [0.25, 0.3) is 12.3 Å². The summed E-state index contributed by atoms with van der Waals surface area (Å²) in [5, 5.41) is 11.5. The van der Waals surface area contributed by atoms with E-state index < -0.39 is 18.0 Å². The normalized spacial score (nSPS) is 14.5. The topological polar surface area (TPSA) is 102 Å². The predicted octanol–water partition coefficient (Wildman–Crippen LogP) is 3.72. The number of pyridine rings is 2. The van der Waals surface area contributed by atoms with Gasteiger partial charge in [-0.05, 0) is 25.0 Å². The van der Waals surface area contributed by atoms with Gasteiger partial charge in [0.2, 0.25) is 0 Å². The molecule has 3 aromatic heterocycles. The lowest BCUT2D eigenvalue weighted by molar-refractivity contribution is 0.0846. The number of nitrogens with one attached hydrogen (secondary N) is 1. The number of hydrogen-bond acceptors (Lipinski definition) is 6. The van der Waals surface area contributed by atoms with Crippen molar-refractivity contribution in [2.75, 3.05) is 25.1 Å². The van der Waals surface area contributed by atoms with Gasteiger partial charge in [0.15, 0.2) is 6.61 Å². The summed E-state index contributed by atoms with van der Waals surface area (Å²) in [5.41, 5.74) is 1.14. The molecule has 0 saturated carbocycles. The van der Waals surface area contributed by atoms with Crippen LogP contribution in [0.2, 0.25) is 0 Å². The largest absolute Gasteiger partial charge is 0.476 e. The Bertz CT molecular complexity index is 1140. The molecule has 0 unspecified atom stereocenters. The van der Waals surface area contributed by atoms with Crippen molar-refractivity contribution in [2.45, 2.75) is 25.2 Å². The molecule has 0 aromatic carbocycles. The first-order valence-corrected chi connectivity index (χ1v) is 9.71. The average molecular weight is 427 g/mol. The van der Waals surface area contributed by atoms with E-state index in [0.717, 1.165) is 24.6 Å². The summed E-state index contributed by atoms with van der Waals surface area (Å²) in [5.74, 6) is -0.151. The van der Waals surface area contributed by atoms with E-state index in [1.807, 2.05) is 12.3 Å². The van der Waals surface area contributed by atoms with Gasteiger partial charge in [-0.2, -0.15) is 5.26 Å². The van der Waals surface area contributed by atoms with E-state index in [1.165, 1.54) is 12.1 Å². The molecule has 1 saturated heterocycles. The van der Waals surface area contributed by atoms with Gasteiger partial charge >= 0.3 is 0 Å². The number of nitriles is 1. The van der Waals surface area contributed by atoms with Crippen molar-refractivity contribution in [3.63, 3.8) is 0 Å². The van der Waals surface area contributed by atoms with Crippen LogP contribution in [0.1, 0.15) is 47.1 Å². The number of fused-ring (bicyclic) bond motifs is 1. The van der Waals surface area contributed by atoms with Gasteiger partial charge in [-0.1, -0.05) is 6.07 Å². The minimum absolute atomic E-state index is 0.155. The van der Waals surface area contributed by atoms with Crippen molar-refractivity contribution < 1.29 is 23.0 Å². The molecule has 0 spiro atoms. The fourth-order valence-corrected chi connectivity index (χ4v) is 3.43. The quantitative estimate of drug-likeness (QED) is 0.643. The van der Waals surface area contributed by atoms with Gasteiger partial charge in [0.1, 0.15) is 34.5 Å². The molecule has 3 aromatic rings. The molecular weight excluding hydrogens is 408 g/mol. The molecule has 10 heteroatoms. The molecular formula is C21H19F2N5O3. The maximum atomic E-state index is 12.9. The van der Waals surface area contributed by atoms with Crippen LogP contribution in [0, 0.1) is 11.3 Å². The molecule has 4 heterocycles. The molecule has 8 nitrogen and oxygen atoms in total. The Labute approximate surface area is 176 Å². The molecule has 0 bridgehead atoms. The fourth-order valence-electron chi connectivity index (χ4n) is 3.43. The second-order valence-electron chi connectivity index (χ2n) is 7.02. The summed E-state index contributed by atoms with van der Waals surface area (Å²) >= 11 is 0. The number of carbonyl (C=O) groups is 1. The van der Waals surface area contributed by atoms with E-state index in [1.54, 1.807) is 16.7 Å². The molecule has 4 rings (SSSR count). The minimum atomic E-state index is -2.78. The zero-order valence-corrected chi connectivity index (χ0v) is 16.4. The van der Waals surface area contributed by atoms with Gasteiger partial charge in [0, 0.05) is 37.6 Å². The second kappa shape index (κ2) is 9.06. The van der Waals surface area contributed by atoms with Crippen LogP contribution < -0.4 is 10.1 Å². The highest BCUT2D eigenvalue weighted by atomic mass is 19.3. The highest BCUT2D eigenvalue weighted by Gasteiger charge is 2.21. The molecule has 1 N–H and O–H groups in total. The zero-order chi connectivity index (χ0) is 21.8. The molecule has 160 valence electrons. The average Bonchev–Trinajstić information content (AvgIpc) is 3.21. The molecule has 31 heavy (non-hydrogen) atoms. The van der Waals surface area contributed by atoms with E-state index in [4.69, 9.17) is 14.7 Å². The lowest BCUT2D eigenvalue weighted by Crippen LogP contribution is -2.16. The van der Waals surface area contributed by atoms with Crippen LogP contribution in [0.15, 0.2) is 36.7 Å². The standard InChI is InChI=1S/C21H19F2N5O3/c22-20(23)14-2-1-3-15(25-14)21(29)27-17-12-28-11-16(13-4-7-30-8-5-13)26-19(28)10-18(17)31-9-6-24/h1-3,10-13,20H,4-5,7-9H2,(H,27,29). The monoisotopic (exact) mass is 427 g/mol. The second-order valence-corrected chi connectivity index (χ2v) is 7.02. The third kappa shape index (κ3) is 4.62. The van der Waals surface area contributed by atoms with E-state index in [2.05, 4.69) is 15.3 Å². The summed E-state index contributed by atoms with van der Waals surface area (Å²) in [6, 6.07) is 7.34. The van der Waals surface area contributed by atoms with E-state index in [0.29, 0.717) is 18.9 Å². The van der Waals surface area contributed by atoms with Gasteiger partial charge in [0.05, 0.1) is 5.69 Å². The zero-order valence-electron chi connectivity index (χ0n) is 16.4. The predicted molar refractivity (Wildman–Crippen MR) is 106 cm³/mol. The van der Waals surface area contributed by atoms with Crippen LogP contribution in [0.25, 0.3) is 5.65 Å². The lowest BCUT2D eigenvalue weighted by Gasteiger charge is -2.19. The van der Waals surface area contributed by atoms with Crippen molar-refractivity contribution >= 4 is 17.2 Å². The number of amides is 1. The Morgan fingerprint density at radius 2 is 2.13 bits per heavy atom. The Morgan fingerprint density at radius 3 is 2.87 bits per heavy atom. The molecule has 1 aliphatic heterocycles. The maximum Gasteiger partial charge on any atom is 0.280 e. The Balaban J connectivity index is 1.65. The number of hydrogen-bond donors (Lipinski definition) is 1. The first kappa shape index (κ1) is 20.7. The first-order chi connectivity index (χ1) is 15.0. The van der Waals surface area contributed by atoms with E-state index in [9.17, 15) is 13.6 Å². The number of rotatable bonds is 6. The number of imidazole rings is 1. The number of carbonyl (C=O) groups excluding carboxylic acids is 1. The highest BCUT2D eigenvalue weighted by Crippen LogP contribution is 2.31. The summed E-state index contributed by atoms with van der Waals surface area (Å²) in [7, 11) is 0. The maximum absolute atomic E-state index is 12.9. The van der Waals surface area contributed by atoms with Crippen LogP contribution in [0.3, 0.4) is 0 Å². The molecule has 1 fully saturated rings. The lowest BCUT2D eigenvalue weighted by atomic mass is 9.97. The molecule has 1 aliphatic rings. The highest BCUT2D eigenvalue weighted by molar-refractivity contribution is 6.03. The van der Waals surface area contributed by atoms with Crippen molar-refractivity contribution in [2.24, 2.45) is 0 Å². The summed E-state index contributed by atoms with van der Waals surface area (Å²) in [4.78, 5) is 21.0. The van der Waals surface area contributed by atoms with Crippen LogP contribution >= 0.6 is 0 Å². The van der Waals surface area contributed by atoms with Crippen LogP contribution in [0.4, 0.5) is 14.5 Å². The third-order valence-corrected chi connectivity index (χ3v) is 4.98. The van der Waals surface area contributed by atoms with Crippen LogP contribution in [0.5, 0.6) is 5.75 Å². The van der Waals surface area contributed by atoms with E-state index >= 15 is 0 Å². The fraction of sp³-hybridized carbons (Fsp3) is 0.333. The Kier molecular flexibility index (Phi) is 6.04. The first-order valence-electron chi connectivity index (χ1n) is 9.71. The summed E-state index contributed by atoms with van der Waals surface area (Å²) < 4.78 is 38.4. The molecule has 0 radical (unpaired) electrons. The van der Waals surface area contributed by atoms with Crippen molar-refractivity contribution in [3.05, 3.63) is 53.7 Å². The molecule has 1 amide bonds. The number of alkyl halides is 2. The molecule has 0 atom stereocenters. The number of halogens is 2. The number of aromatic nitrogens is 3. The van der Waals surface area contributed by atoms with Crippen LogP contribution in [-0.4, -0.2) is 40.1 Å². The van der Waals surface area contributed by atoms with Crippen LogP contribution in [-0.2, 0) is 4.74 Å². The van der Waals surface area contributed by atoms with Gasteiger partial charge in [-0.3, -0.25) is 4.79 Å². The van der Waals surface area contributed by atoms with Gasteiger partial charge in [-0.15, -0.1) is 0 Å². The Morgan fingerprint density at radius 1 is 1.32 bits per heavy atom. The molecule has 0 aliphatic carbocycles. The number of anilines is 1. The third-order valence-electron chi connectivity index (χ3n) is 4.98. The number of ether oxygens (including phenoxy) is 2. The SMILES string of the molecule is N#CCOc1cc2nc(C3CCOCC3)cn2cc1NC(=O)c1cccc(C(F)F)n1. The van der Waals surface area contributed by atoms with Crippen molar-refractivity contribution in [1.29, 1.82) is 5.26 Å². The van der Waals surface area contributed by atoms with Gasteiger partial charge in [-0.25, -0.2) is 18.7 Å². The van der Waals surface area contributed by atoms with Crippen molar-refractivity contribution in [3.8, 4) is 11.8 Å².